The van der Waals surface area contributed by atoms with Gasteiger partial charge < -0.3 is 10.1 Å². The number of benzene rings is 1. The molecule has 110 valence electrons. The van der Waals surface area contributed by atoms with Crippen molar-refractivity contribution in [3.8, 4) is 5.75 Å². The normalized spacial score (nSPS) is 30.2. The summed E-state index contributed by atoms with van der Waals surface area (Å²) in [4.78, 5) is 0. The van der Waals surface area contributed by atoms with Gasteiger partial charge in [-0.3, -0.25) is 0 Å². The molecule has 2 aliphatic rings. The first-order valence-corrected chi connectivity index (χ1v) is 8.70. The van der Waals surface area contributed by atoms with Crippen LogP contribution in [-0.4, -0.2) is 12.6 Å². The summed E-state index contributed by atoms with van der Waals surface area (Å²) in [6, 6.07) is 7.49. The lowest BCUT2D eigenvalue weighted by Crippen LogP contribution is -2.35. The smallest absolute Gasteiger partial charge is 0.124 e. The van der Waals surface area contributed by atoms with E-state index in [0.29, 0.717) is 12.1 Å². The fraction of sp³-hybridized carbons (Fsp3) is 0.647. The van der Waals surface area contributed by atoms with Crippen LogP contribution in [0.15, 0.2) is 22.7 Å². The number of nitrogens with one attached hydrogen (secondary N) is 1. The molecule has 1 aliphatic carbocycles. The Bertz CT molecular complexity index is 462. The van der Waals surface area contributed by atoms with Gasteiger partial charge in [-0.15, -0.1) is 0 Å². The molecular weight excluding hydrogens is 314 g/mol. The van der Waals surface area contributed by atoms with Gasteiger partial charge in [0.25, 0.3) is 0 Å². The van der Waals surface area contributed by atoms with Gasteiger partial charge in [0.05, 0.1) is 6.61 Å². The number of fused-ring (bicyclic) bond motifs is 1. The predicted octanol–water partition coefficient (Wildman–Crippen LogP) is 4.83. The molecule has 0 aromatic heterocycles. The van der Waals surface area contributed by atoms with Crippen LogP contribution in [0, 0.1) is 5.92 Å². The number of ether oxygens (including phenoxy) is 1. The second-order valence-corrected chi connectivity index (χ2v) is 7.26. The summed E-state index contributed by atoms with van der Waals surface area (Å²) < 4.78 is 6.92. The summed E-state index contributed by atoms with van der Waals surface area (Å²) in [6.07, 6.45) is 7.86. The molecule has 1 aliphatic heterocycles. The molecule has 1 aromatic rings. The Morgan fingerprint density at radius 3 is 2.95 bits per heavy atom. The van der Waals surface area contributed by atoms with E-state index in [1.165, 1.54) is 37.7 Å². The quantitative estimate of drug-likeness (QED) is 0.780. The van der Waals surface area contributed by atoms with E-state index in [-0.39, 0.29) is 0 Å². The van der Waals surface area contributed by atoms with Crippen molar-refractivity contribution in [2.75, 3.05) is 6.61 Å². The summed E-state index contributed by atoms with van der Waals surface area (Å²) in [5, 5.41) is 3.90. The van der Waals surface area contributed by atoms with Crippen LogP contribution in [0.25, 0.3) is 0 Å². The van der Waals surface area contributed by atoms with Crippen molar-refractivity contribution >= 4 is 15.9 Å². The van der Waals surface area contributed by atoms with E-state index < -0.39 is 0 Å². The van der Waals surface area contributed by atoms with Gasteiger partial charge in [-0.25, -0.2) is 0 Å². The highest BCUT2D eigenvalue weighted by atomic mass is 79.9. The molecule has 0 bridgehead atoms. The number of hydrogen-bond acceptors (Lipinski definition) is 2. The minimum absolute atomic E-state index is 0.453. The fourth-order valence-electron chi connectivity index (χ4n) is 3.48. The minimum atomic E-state index is 0.453. The van der Waals surface area contributed by atoms with E-state index in [2.05, 4.69) is 46.4 Å². The van der Waals surface area contributed by atoms with Crippen molar-refractivity contribution in [3.05, 3.63) is 28.2 Å². The monoisotopic (exact) mass is 337 g/mol. The third kappa shape index (κ3) is 3.37. The first-order valence-electron chi connectivity index (χ1n) is 7.90. The third-order valence-corrected chi connectivity index (χ3v) is 5.20. The van der Waals surface area contributed by atoms with Crippen LogP contribution in [-0.2, 0) is 0 Å². The SMILES string of the molecule is CC1CCCC(NC2CCOc3ccc(Br)cc32)CC1. The summed E-state index contributed by atoms with van der Waals surface area (Å²) in [5.74, 6) is 1.96. The average Bonchev–Trinajstić information content (AvgIpc) is 2.64. The molecule has 3 heteroatoms. The maximum absolute atomic E-state index is 5.78. The maximum atomic E-state index is 5.78. The van der Waals surface area contributed by atoms with E-state index in [0.717, 1.165) is 29.2 Å². The second-order valence-electron chi connectivity index (χ2n) is 6.35. The molecule has 20 heavy (non-hydrogen) atoms. The second kappa shape index (κ2) is 6.48. The molecule has 0 amide bonds. The number of hydrogen-bond donors (Lipinski definition) is 1. The van der Waals surface area contributed by atoms with E-state index >= 15 is 0 Å². The Morgan fingerprint density at radius 1 is 1.15 bits per heavy atom. The van der Waals surface area contributed by atoms with E-state index in [9.17, 15) is 0 Å². The standard InChI is InChI=1S/C17H24BrNO/c1-12-3-2-4-14(7-5-12)19-16-9-10-20-17-8-6-13(18)11-15(16)17/h6,8,11-12,14,16,19H,2-5,7,9-10H2,1H3. The molecule has 2 nitrogen and oxygen atoms in total. The maximum Gasteiger partial charge on any atom is 0.124 e. The Morgan fingerprint density at radius 2 is 2.05 bits per heavy atom. The highest BCUT2D eigenvalue weighted by Crippen LogP contribution is 2.35. The first kappa shape index (κ1) is 14.4. The lowest BCUT2D eigenvalue weighted by atomic mass is 9.98. The molecule has 0 radical (unpaired) electrons. The molecule has 1 fully saturated rings. The highest BCUT2D eigenvalue weighted by molar-refractivity contribution is 9.10. The molecular formula is C17H24BrNO. The summed E-state index contributed by atoms with van der Waals surface area (Å²) in [7, 11) is 0. The Hall–Kier alpha value is -0.540. The van der Waals surface area contributed by atoms with Crippen LogP contribution in [0.2, 0.25) is 0 Å². The van der Waals surface area contributed by atoms with Gasteiger partial charge in [0.1, 0.15) is 5.75 Å². The van der Waals surface area contributed by atoms with Gasteiger partial charge in [0.15, 0.2) is 0 Å². The zero-order valence-corrected chi connectivity index (χ0v) is 13.8. The van der Waals surface area contributed by atoms with Gasteiger partial charge in [0, 0.05) is 28.5 Å². The third-order valence-electron chi connectivity index (χ3n) is 4.71. The van der Waals surface area contributed by atoms with Crippen molar-refractivity contribution in [2.45, 2.75) is 57.5 Å². The van der Waals surface area contributed by atoms with E-state index in [1.807, 2.05) is 0 Å². The number of rotatable bonds is 2. The molecule has 3 unspecified atom stereocenters. The highest BCUT2D eigenvalue weighted by Gasteiger charge is 2.25. The lowest BCUT2D eigenvalue weighted by molar-refractivity contribution is 0.239. The van der Waals surface area contributed by atoms with E-state index in [1.54, 1.807) is 0 Å². The molecule has 1 N–H and O–H groups in total. The molecule has 1 saturated carbocycles. The largest absolute Gasteiger partial charge is 0.493 e. The number of halogens is 1. The molecule has 0 spiro atoms. The van der Waals surface area contributed by atoms with E-state index in [4.69, 9.17) is 4.74 Å². The molecule has 3 atom stereocenters. The van der Waals surface area contributed by atoms with Crippen molar-refractivity contribution in [2.24, 2.45) is 5.92 Å². The molecule has 1 aromatic carbocycles. The molecule has 1 heterocycles. The van der Waals surface area contributed by atoms with Crippen LogP contribution in [0.4, 0.5) is 0 Å². The Kier molecular flexibility index (Phi) is 4.67. The summed E-state index contributed by atoms with van der Waals surface area (Å²) >= 11 is 3.58. The van der Waals surface area contributed by atoms with Crippen molar-refractivity contribution in [1.82, 2.24) is 5.32 Å². The zero-order valence-electron chi connectivity index (χ0n) is 12.2. The summed E-state index contributed by atoms with van der Waals surface area (Å²) in [6.45, 7) is 3.22. The van der Waals surface area contributed by atoms with Crippen LogP contribution in [0.3, 0.4) is 0 Å². The molecule has 0 saturated heterocycles. The van der Waals surface area contributed by atoms with Crippen molar-refractivity contribution in [1.29, 1.82) is 0 Å². The van der Waals surface area contributed by atoms with Crippen LogP contribution in [0.1, 0.15) is 57.1 Å². The fourth-order valence-corrected chi connectivity index (χ4v) is 3.86. The van der Waals surface area contributed by atoms with Crippen molar-refractivity contribution < 1.29 is 4.74 Å². The Balaban J connectivity index is 1.71. The zero-order chi connectivity index (χ0) is 13.9. The minimum Gasteiger partial charge on any atom is -0.493 e. The average molecular weight is 338 g/mol. The molecule has 3 rings (SSSR count). The first-order chi connectivity index (χ1) is 9.72. The van der Waals surface area contributed by atoms with Gasteiger partial charge in [-0.2, -0.15) is 0 Å². The lowest BCUT2D eigenvalue weighted by Gasteiger charge is -2.30. The van der Waals surface area contributed by atoms with Gasteiger partial charge in [0.2, 0.25) is 0 Å². The Labute approximate surface area is 130 Å². The van der Waals surface area contributed by atoms with Crippen molar-refractivity contribution in [3.63, 3.8) is 0 Å². The van der Waals surface area contributed by atoms with Crippen LogP contribution >= 0.6 is 15.9 Å². The summed E-state index contributed by atoms with van der Waals surface area (Å²) in [5.41, 5.74) is 1.32. The van der Waals surface area contributed by atoms with Gasteiger partial charge in [-0.05, 0) is 43.4 Å². The van der Waals surface area contributed by atoms with Gasteiger partial charge in [-0.1, -0.05) is 35.7 Å². The predicted molar refractivity (Wildman–Crippen MR) is 86.2 cm³/mol. The van der Waals surface area contributed by atoms with Gasteiger partial charge >= 0.3 is 0 Å². The van der Waals surface area contributed by atoms with Crippen LogP contribution < -0.4 is 10.1 Å². The topological polar surface area (TPSA) is 21.3 Å². The van der Waals surface area contributed by atoms with Crippen LogP contribution in [0.5, 0.6) is 5.75 Å².